The predicted octanol–water partition coefficient (Wildman–Crippen LogP) is 20.4. The van der Waals surface area contributed by atoms with Crippen molar-refractivity contribution in [2.45, 2.75) is 122 Å². The van der Waals surface area contributed by atoms with Crippen LogP contribution in [-0.2, 0) is 55.7 Å². The second-order valence-electron chi connectivity index (χ2n) is 27.3. The number of aryl methyl sites for hydroxylation is 2. The predicted molar refractivity (Wildman–Crippen MR) is 457 cm³/mol. The summed E-state index contributed by atoms with van der Waals surface area (Å²) in [5, 5.41) is 6.96. The van der Waals surface area contributed by atoms with E-state index >= 15 is 8.42 Å². The zero-order valence-electron chi connectivity index (χ0n) is 63.7. The summed E-state index contributed by atoms with van der Waals surface area (Å²) in [6, 6.07) is 68.4. The van der Waals surface area contributed by atoms with E-state index in [4.69, 9.17) is 19.4 Å². The molecule has 18 nitrogen and oxygen atoms in total. The van der Waals surface area contributed by atoms with Gasteiger partial charge in [0.15, 0.2) is 5.82 Å². The number of pyridine rings is 4. The van der Waals surface area contributed by atoms with E-state index in [-0.39, 0.29) is 32.1 Å². The van der Waals surface area contributed by atoms with Crippen LogP contribution in [0.1, 0.15) is 112 Å². The van der Waals surface area contributed by atoms with Crippen molar-refractivity contribution in [3.05, 3.63) is 302 Å². The van der Waals surface area contributed by atoms with Crippen LogP contribution in [-0.4, -0.2) is 99.2 Å². The minimum Gasteiger partial charge on any atom is -0.465 e. The molecule has 0 saturated heterocycles. The Labute approximate surface area is 676 Å². The molecule has 6 aromatic carbocycles. The quantitative estimate of drug-likeness (QED) is 0.0242. The van der Waals surface area contributed by atoms with Gasteiger partial charge in [-0.05, 0) is 83.4 Å². The van der Waals surface area contributed by atoms with Gasteiger partial charge >= 0.3 is 310 Å². The monoisotopic (exact) mass is 1740 g/mol. The Morgan fingerprint density at radius 1 is 0.455 bits per heavy atom. The summed E-state index contributed by atoms with van der Waals surface area (Å²) in [5.74, 6) is -0.244. The zero-order chi connectivity index (χ0) is 78.8. The number of hydrogen-bond donors (Lipinski definition) is 0. The Morgan fingerprint density at radius 2 is 0.821 bits per heavy atom. The number of thiazole rings is 2. The van der Waals surface area contributed by atoms with Gasteiger partial charge in [0, 0.05) is 59.0 Å². The minimum atomic E-state index is -4.28. The molecule has 112 heavy (non-hydrogen) atoms. The first-order chi connectivity index (χ1) is 54.4. The van der Waals surface area contributed by atoms with Crippen LogP contribution in [0.2, 0.25) is 13.3 Å². The van der Waals surface area contributed by atoms with E-state index in [1.54, 1.807) is 94.6 Å². The number of ether oxygens (including phenoxy) is 2. The number of rotatable bonds is 29. The van der Waals surface area contributed by atoms with Crippen LogP contribution in [0, 0.1) is 13.8 Å². The smallest absolute Gasteiger partial charge is 0.340 e. The molecule has 14 rings (SSSR count). The summed E-state index contributed by atoms with van der Waals surface area (Å²) < 4.78 is 78.6. The summed E-state index contributed by atoms with van der Waals surface area (Å²) in [4.78, 5) is 58.7. The Balaban J connectivity index is 0.000000178. The Kier molecular flexibility index (Phi) is 27.6. The molecule has 8 heterocycles. The first-order valence-electron chi connectivity index (χ1n) is 37.3. The summed E-state index contributed by atoms with van der Waals surface area (Å²) in [7, 11) is -5.74. The number of methoxy groups -OCH3 is 2. The van der Waals surface area contributed by atoms with Crippen LogP contribution in [0.25, 0.3) is 55.7 Å². The number of carbonyl (C=O) groups excluding carboxylic acids is 2. The maximum Gasteiger partial charge on any atom is 0.340 e. The van der Waals surface area contributed by atoms with Crippen molar-refractivity contribution in [2.24, 2.45) is 0 Å². The van der Waals surface area contributed by atoms with Crippen LogP contribution < -0.4 is 13.5 Å². The number of benzene rings is 6. The third-order valence-corrected chi connectivity index (χ3v) is 40.8. The fraction of sp³-hybridized carbons (Fsp3) is 0.227. The molecule has 0 atom stereocenters. The van der Waals surface area contributed by atoms with Crippen molar-refractivity contribution >= 4 is 126 Å². The van der Waals surface area contributed by atoms with Crippen molar-refractivity contribution in [3.8, 4) is 33.9 Å². The second-order valence-corrected chi connectivity index (χ2v) is 46.8. The Morgan fingerprint density at radius 3 is 1.20 bits per heavy atom. The molecule has 0 aliphatic rings. The number of anilines is 2. The molecule has 0 radical (unpaired) electrons. The van der Waals surface area contributed by atoms with Crippen LogP contribution in [0.5, 0.6) is 0 Å². The van der Waals surface area contributed by atoms with Gasteiger partial charge in [-0.25, -0.2) is 37.1 Å². The van der Waals surface area contributed by atoms with Crippen LogP contribution >= 0.6 is 38.6 Å². The number of unbranched alkanes of at least 4 members (excludes halogenated alkanes) is 3. The molecule has 0 N–H and O–H groups in total. The van der Waals surface area contributed by atoms with Crippen molar-refractivity contribution < 1.29 is 35.9 Å². The maximum absolute atomic E-state index is 15.3. The summed E-state index contributed by atoms with van der Waals surface area (Å²) in [6.07, 6.45) is 12.7. The number of aromatic nitrogens is 8. The second kappa shape index (κ2) is 38.0. The first-order valence-corrected chi connectivity index (χ1v) is 50.3. The summed E-state index contributed by atoms with van der Waals surface area (Å²) in [5.41, 5.74) is 9.59. The number of esters is 2. The van der Waals surface area contributed by atoms with E-state index in [1.165, 1.54) is 35.7 Å². The maximum atomic E-state index is 15.3. The fourth-order valence-corrected chi connectivity index (χ4v) is 36.9. The van der Waals surface area contributed by atoms with Gasteiger partial charge in [-0.2, -0.15) is 0 Å². The van der Waals surface area contributed by atoms with Gasteiger partial charge in [0.1, 0.15) is 10.1 Å². The number of fused-ring (bicyclic) bond motifs is 2. The normalized spacial score (nSPS) is 11.5. The van der Waals surface area contributed by atoms with Crippen LogP contribution in [0.4, 0.5) is 11.6 Å². The van der Waals surface area contributed by atoms with Gasteiger partial charge in [0.05, 0.1) is 50.4 Å². The van der Waals surface area contributed by atoms with E-state index in [2.05, 4.69) is 97.2 Å². The van der Waals surface area contributed by atoms with Gasteiger partial charge in [0.25, 0.3) is 10.0 Å². The third-order valence-electron chi connectivity index (χ3n) is 19.5. The third kappa shape index (κ3) is 19.0. The van der Waals surface area contributed by atoms with Crippen molar-refractivity contribution in [1.29, 1.82) is 0 Å². The molecule has 0 aliphatic heterocycles. The summed E-state index contributed by atoms with van der Waals surface area (Å²) in [6.45, 7) is 12.4. The minimum absolute atomic E-state index is 0.0760. The zero-order valence-corrected chi connectivity index (χ0v) is 71.4. The van der Waals surface area contributed by atoms with E-state index in [9.17, 15) is 18.0 Å². The van der Waals surface area contributed by atoms with Gasteiger partial charge in [-0.3, -0.25) is 4.98 Å². The number of hydrogen-bond acceptors (Lipinski definition) is 18. The number of nitrogens with zero attached hydrogens (tertiary/aromatic N) is 10. The molecule has 8 aromatic heterocycles. The molecule has 0 spiro atoms. The van der Waals surface area contributed by atoms with Gasteiger partial charge in [-0.1, -0.05) is 78.9 Å². The largest absolute Gasteiger partial charge is 0.465 e. The van der Waals surface area contributed by atoms with Gasteiger partial charge in [-0.15, -0.1) is 22.7 Å². The van der Waals surface area contributed by atoms with E-state index in [0.717, 1.165) is 115 Å². The number of halogens is 1. The molecule has 0 amide bonds. The van der Waals surface area contributed by atoms with Crippen molar-refractivity contribution in [2.75, 3.05) is 24.0 Å². The Bertz CT molecular complexity index is 5640. The fourth-order valence-electron chi connectivity index (χ4n) is 14.0. The summed E-state index contributed by atoms with van der Waals surface area (Å²) >= 11 is 2.97. The standard InChI is InChI=1S/C38H31N5O4S2.C29H24N3O4S.C9H7BrN2S.3C4H9.Sn/c1-26-41-34(25-48-26)29-18-19-39-33(20-29)35-21-31-32(38(44)47-2)22-40-37(36(31)43(35)49(45,46)30-16-10-5-11-17-30)42(23-27-12-6-3-7-13-27)24-28-14-8-4-9-15-28;1-36-29(33)26-19-30-28(27-25(26)17-18-32(27)37(34,35)24-15-9-4-10-16-24)31(20-22-11-5-2-6-12-22)21-23-13-7-3-8-14-23;1-6-12-8(5-13-6)7-2-3-11-9(10)4-7;3*1-3-4-2;/h3-22,25H,23-24H2,1-2H3;2-17,19H,20-21H2,1H3;2-5H,1H3;3*1,3-4H2,2H3;. The molecule has 24 heteroatoms. The Hall–Kier alpha value is -10.0. The first kappa shape index (κ1) is 81.5. The average Bonchev–Trinajstić information content (AvgIpc) is 1.56. The molecule has 14 aromatic rings. The molecule has 0 saturated carbocycles. The van der Waals surface area contributed by atoms with Crippen molar-refractivity contribution in [1.82, 2.24) is 37.8 Å². The molecule has 574 valence electrons. The van der Waals surface area contributed by atoms with E-state index in [0.29, 0.717) is 59.8 Å². The van der Waals surface area contributed by atoms with Gasteiger partial charge < -0.3 is 9.64 Å². The van der Waals surface area contributed by atoms with Crippen LogP contribution in [0.15, 0.2) is 268 Å². The average molecular weight is 1740 g/mol. The molecular formula is C88H89BrN10O8S4Sn. The molecule has 0 unspecified atom stereocenters. The van der Waals surface area contributed by atoms with E-state index in [1.807, 2.05) is 152 Å². The topological polar surface area (TPSA) is 215 Å². The molecule has 0 bridgehead atoms. The molecule has 0 fully saturated rings. The van der Waals surface area contributed by atoms with Gasteiger partial charge in [0.2, 0.25) is 0 Å². The molecule has 0 aliphatic carbocycles. The van der Waals surface area contributed by atoms with Crippen LogP contribution in [0.3, 0.4) is 0 Å². The van der Waals surface area contributed by atoms with Crippen molar-refractivity contribution in [3.63, 3.8) is 0 Å². The number of carbonyl (C=O) groups is 2. The SMILES string of the molecule is CCC[CH2][Sn]([CH2]CCC)([CH2]CCC)[c]1cc2c(C(=O)OC)cnc(N(Cc3ccccc3)Cc3ccccc3)c2n1S(=O)(=O)c1ccccc1.COC(=O)c1cnc(N(Cc2ccccc2)Cc2ccccc2)c2c1cc(-c1cc(-c3csc(C)n3)ccn1)n2S(=O)(=O)c1ccccc1.Cc1nc(-c2ccnc(Br)c2)cs1. The van der Waals surface area contributed by atoms with E-state index < -0.39 is 50.4 Å². The molecular weight excluding hydrogens is 1650 g/mol.